The lowest BCUT2D eigenvalue weighted by Gasteiger charge is -1.98. The van der Waals surface area contributed by atoms with E-state index >= 15 is 0 Å². The highest BCUT2D eigenvalue weighted by Gasteiger charge is 2.07. The second kappa shape index (κ2) is 4.91. The van der Waals surface area contributed by atoms with Crippen LogP contribution in [-0.4, -0.2) is 12.1 Å². The predicted molar refractivity (Wildman–Crippen MR) is 63.2 cm³/mol. The summed E-state index contributed by atoms with van der Waals surface area (Å²) in [7, 11) is 1.62. The standard InChI is InChI=1S/C11H9ClFNOS/c1-15-5-11-14-10(6-16-11)7-2-3-9(13)8(12)4-7/h2-4,6H,5H2,1H3. The number of rotatable bonds is 3. The maximum absolute atomic E-state index is 13.0. The smallest absolute Gasteiger partial charge is 0.141 e. The van der Waals surface area contributed by atoms with E-state index in [-0.39, 0.29) is 5.02 Å². The number of methoxy groups -OCH3 is 1. The molecule has 0 aliphatic heterocycles. The number of hydrogen-bond donors (Lipinski definition) is 0. The third-order valence-corrected chi connectivity index (χ3v) is 3.15. The van der Waals surface area contributed by atoms with Crippen LogP contribution in [0.4, 0.5) is 4.39 Å². The zero-order valence-electron chi connectivity index (χ0n) is 8.54. The van der Waals surface area contributed by atoms with Gasteiger partial charge in [0.05, 0.1) is 17.3 Å². The number of ether oxygens (including phenoxy) is 1. The summed E-state index contributed by atoms with van der Waals surface area (Å²) in [6, 6.07) is 4.57. The van der Waals surface area contributed by atoms with Crippen LogP contribution in [0.15, 0.2) is 23.6 Å². The Morgan fingerprint density at radius 2 is 2.31 bits per heavy atom. The Kier molecular flexibility index (Phi) is 3.53. The van der Waals surface area contributed by atoms with Gasteiger partial charge in [-0.2, -0.15) is 0 Å². The van der Waals surface area contributed by atoms with Gasteiger partial charge in [0.2, 0.25) is 0 Å². The zero-order valence-corrected chi connectivity index (χ0v) is 10.1. The molecule has 2 nitrogen and oxygen atoms in total. The Labute approximate surface area is 102 Å². The third kappa shape index (κ3) is 2.40. The first kappa shape index (κ1) is 11.5. The van der Waals surface area contributed by atoms with Gasteiger partial charge in [-0.1, -0.05) is 11.6 Å². The molecule has 0 unspecified atom stereocenters. The first-order valence-electron chi connectivity index (χ1n) is 4.59. The van der Waals surface area contributed by atoms with Gasteiger partial charge in [-0.25, -0.2) is 9.37 Å². The van der Waals surface area contributed by atoms with Crippen LogP contribution in [0.2, 0.25) is 5.02 Å². The van der Waals surface area contributed by atoms with Crippen molar-refractivity contribution >= 4 is 22.9 Å². The molecule has 0 amide bonds. The van der Waals surface area contributed by atoms with Gasteiger partial charge in [-0.05, 0) is 18.2 Å². The fraction of sp³-hybridized carbons (Fsp3) is 0.182. The molecule has 0 saturated carbocycles. The van der Waals surface area contributed by atoms with Crippen LogP contribution >= 0.6 is 22.9 Å². The van der Waals surface area contributed by atoms with Gasteiger partial charge in [-0.15, -0.1) is 11.3 Å². The summed E-state index contributed by atoms with van der Waals surface area (Å²) in [6.07, 6.45) is 0. The summed E-state index contributed by atoms with van der Waals surface area (Å²) in [5, 5.41) is 2.90. The molecule has 1 aromatic carbocycles. The number of benzene rings is 1. The number of hydrogen-bond acceptors (Lipinski definition) is 3. The van der Waals surface area contributed by atoms with E-state index in [0.29, 0.717) is 6.61 Å². The molecule has 16 heavy (non-hydrogen) atoms. The molecule has 0 fully saturated rings. The van der Waals surface area contributed by atoms with Crippen molar-refractivity contribution in [2.45, 2.75) is 6.61 Å². The second-order valence-electron chi connectivity index (χ2n) is 3.19. The van der Waals surface area contributed by atoms with Crippen LogP contribution < -0.4 is 0 Å². The Hall–Kier alpha value is -0.970. The van der Waals surface area contributed by atoms with E-state index in [1.165, 1.54) is 17.4 Å². The second-order valence-corrected chi connectivity index (χ2v) is 4.54. The summed E-state index contributed by atoms with van der Waals surface area (Å²) < 4.78 is 18.0. The molecule has 84 valence electrons. The fourth-order valence-corrected chi connectivity index (χ4v) is 2.24. The summed E-state index contributed by atoms with van der Waals surface area (Å²) in [5.41, 5.74) is 1.60. The summed E-state index contributed by atoms with van der Waals surface area (Å²) in [6.45, 7) is 0.486. The number of halogens is 2. The Morgan fingerprint density at radius 1 is 1.50 bits per heavy atom. The summed E-state index contributed by atoms with van der Waals surface area (Å²) >= 11 is 7.21. The lowest BCUT2D eigenvalue weighted by atomic mass is 10.2. The van der Waals surface area contributed by atoms with E-state index in [2.05, 4.69) is 4.98 Å². The van der Waals surface area contributed by atoms with Crippen molar-refractivity contribution < 1.29 is 9.13 Å². The Balaban J connectivity index is 2.31. The molecule has 2 aromatic rings. The van der Waals surface area contributed by atoms with Gasteiger partial charge in [0, 0.05) is 18.1 Å². The van der Waals surface area contributed by atoms with Crippen molar-refractivity contribution in [3.05, 3.63) is 39.4 Å². The van der Waals surface area contributed by atoms with E-state index in [1.807, 2.05) is 5.38 Å². The average molecular weight is 258 g/mol. The zero-order chi connectivity index (χ0) is 11.5. The van der Waals surface area contributed by atoms with Crippen LogP contribution in [0.5, 0.6) is 0 Å². The number of nitrogens with zero attached hydrogens (tertiary/aromatic N) is 1. The molecule has 0 aliphatic rings. The monoisotopic (exact) mass is 257 g/mol. The Bertz CT molecular complexity index is 500. The van der Waals surface area contributed by atoms with Gasteiger partial charge in [0.25, 0.3) is 0 Å². The summed E-state index contributed by atoms with van der Waals surface area (Å²) in [4.78, 5) is 4.35. The van der Waals surface area contributed by atoms with E-state index in [9.17, 15) is 4.39 Å². The minimum Gasteiger partial charge on any atom is -0.378 e. The van der Waals surface area contributed by atoms with Gasteiger partial charge < -0.3 is 4.74 Å². The maximum Gasteiger partial charge on any atom is 0.141 e. The molecule has 0 radical (unpaired) electrons. The van der Waals surface area contributed by atoms with Crippen molar-refractivity contribution in [3.8, 4) is 11.3 Å². The highest BCUT2D eigenvalue weighted by molar-refractivity contribution is 7.09. The molecule has 0 aliphatic carbocycles. The topological polar surface area (TPSA) is 22.1 Å². The molecule has 0 N–H and O–H groups in total. The SMILES string of the molecule is COCc1nc(-c2ccc(F)c(Cl)c2)cs1. The van der Waals surface area contributed by atoms with Crippen molar-refractivity contribution in [2.75, 3.05) is 7.11 Å². The molecule has 5 heteroatoms. The Morgan fingerprint density at radius 3 is 3.00 bits per heavy atom. The molecule has 0 spiro atoms. The van der Waals surface area contributed by atoms with Gasteiger partial charge in [0.1, 0.15) is 10.8 Å². The van der Waals surface area contributed by atoms with Crippen molar-refractivity contribution in [1.82, 2.24) is 4.98 Å². The van der Waals surface area contributed by atoms with Crippen LogP contribution in [0.3, 0.4) is 0 Å². The minimum absolute atomic E-state index is 0.110. The molecule has 1 aromatic heterocycles. The molecule has 0 bridgehead atoms. The van der Waals surface area contributed by atoms with Gasteiger partial charge in [-0.3, -0.25) is 0 Å². The van der Waals surface area contributed by atoms with Crippen LogP contribution in [-0.2, 0) is 11.3 Å². The highest BCUT2D eigenvalue weighted by Crippen LogP contribution is 2.26. The molecular weight excluding hydrogens is 249 g/mol. The fourth-order valence-electron chi connectivity index (χ4n) is 1.29. The average Bonchev–Trinajstić information content (AvgIpc) is 2.71. The molecule has 0 atom stereocenters. The number of thiazole rings is 1. The molecule has 2 rings (SSSR count). The summed E-state index contributed by atoms with van der Waals surface area (Å²) in [5.74, 6) is -0.419. The maximum atomic E-state index is 13.0. The molecular formula is C11H9ClFNOS. The van der Waals surface area contributed by atoms with Crippen molar-refractivity contribution in [2.24, 2.45) is 0 Å². The minimum atomic E-state index is -0.419. The lowest BCUT2D eigenvalue weighted by Crippen LogP contribution is -1.86. The molecule has 0 saturated heterocycles. The first-order chi connectivity index (χ1) is 7.70. The lowest BCUT2D eigenvalue weighted by molar-refractivity contribution is 0.184. The predicted octanol–water partition coefficient (Wildman–Crippen LogP) is 3.75. The number of aromatic nitrogens is 1. The third-order valence-electron chi connectivity index (χ3n) is 2.03. The van der Waals surface area contributed by atoms with Crippen LogP contribution in [0.1, 0.15) is 5.01 Å². The normalized spacial score (nSPS) is 10.7. The van der Waals surface area contributed by atoms with E-state index in [0.717, 1.165) is 16.3 Å². The van der Waals surface area contributed by atoms with E-state index < -0.39 is 5.82 Å². The largest absolute Gasteiger partial charge is 0.378 e. The first-order valence-corrected chi connectivity index (χ1v) is 5.85. The van der Waals surface area contributed by atoms with Crippen molar-refractivity contribution in [3.63, 3.8) is 0 Å². The van der Waals surface area contributed by atoms with Crippen LogP contribution in [0.25, 0.3) is 11.3 Å². The van der Waals surface area contributed by atoms with E-state index in [4.69, 9.17) is 16.3 Å². The quantitative estimate of drug-likeness (QED) is 0.836. The van der Waals surface area contributed by atoms with Crippen molar-refractivity contribution in [1.29, 1.82) is 0 Å². The van der Waals surface area contributed by atoms with Gasteiger partial charge in [0.15, 0.2) is 0 Å². The van der Waals surface area contributed by atoms with Gasteiger partial charge >= 0.3 is 0 Å². The highest BCUT2D eigenvalue weighted by atomic mass is 35.5. The molecule has 1 heterocycles. The van der Waals surface area contributed by atoms with Crippen LogP contribution in [0, 0.1) is 5.82 Å². The van der Waals surface area contributed by atoms with E-state index in [1.54, 1.807) is 19.2 Å².